The van der Waals surface area contributed by atoms with E-state index in [4.69, 9.17) is 4.74 Å². The molecule has 1 atom stereocenters. The first kappa shape index (κ1) is 25.5. The number of nitrogens with one attached hydrogen (secondary N) is 2. The van der Waals surface area contributed by atoms with Crippen molar-refractivity contribution in [2.45, 2.75) is 36.6 Å². The first-order valence-electron chi connectivity index (χ1n) is 11.3. The molecule has 0 spiro atoms. The number of rotatable bonds is 9. The van der Waals surface area contributed by atoms with Crippen LogP contribution in [0.25, 0.3) is 0 Å². The molecule has 9 heteroatoms. The van der Waals surface area contributed by atoms with Crippen molar-refractivity contribution in [1.29, 1.82) is 0 Å². The summed E-state index contributed by atoms with van der Waals surface area (Å²) in [5.41, 5.74) is 1.46. The molecule has 2 N–H and O–H groups in total. The van der Waals surface area contributed by atoms with E-state index in [9.17, 15) is 18.0 Å². The second-order valence-electron chi connectivity index (χ2n) is 8.15. The number of amides is 2. The summed E-state index contributed by atoms with van der Waals surface area (Å²) in [6.07, 6.45) is 4.10. The standard InChI is InChI=1S/C25H31N3O5S/c1-3-24(29)27-21-6-4-5-17-28(18-21)34(31,32)23-13-9-20(10-14-23)25(30)26-16-15-19-7-11-22(33-2)12-8-19/h3,7-14,21H,1,4-6,15-18H2,2H3,(H,26,30)(H,27,29). The van der Waals surface area contributed by atoms with Crippen molar-refractivity contribution in [3.8, 4) is 5.75 Å². The third-order valence-electron chi connectivity index (χ3n) is 5.78. The summed E-state index contributed by atoms with van der Waals surface area (Å²) in [4.78, 5) is 24.3. The van der Waals surface area contributed by atoms with Gasteiger partial charge in [0, 0.05) is 31.2 Å². The van der Waals surface area contributed by atoms with E-state index in [1.807, 2.05) is 24.3 Å². The van der Waals surface area contributed by atoms with Gasteiger partial charge in [0.15, 0.2) is 0 Å². The van der Waals surface area contributed by atoms with Crippen LogP contribution in [0.2, 0.25) is 0 Å². The largest absolute Gasteiger partial charge is 0.497 e. The summed E-state index contributed by atoms with van der Waals surface area (Å²) in [5, 5.41) is 5.66. The van der Waals surface area contributed by atoms with Crippen molar-refractivity contribution in [2.75, 3.05) is 26.7 Å². The van der Waals surface area contributed by atoms with Crippen molar-refractivity contribution in [2.24, 2.45) is 0 Å². The summed E-state index contributed by atoms with van der Waals surface area (Å²) in [6, 6.07) is 13.3. The second kappa shape index (κ2) is 11.8. The number of nitrogens with zero attached hydrogens (tertiary/aromatic N) is 1. The number of benzene rings is 2. The predicted molar refractivity (Wildman–Crippen MR) is 130 cm³/mol. The molecule has 1 saturated heterocycles. The maximum Gasteiger partial charge on any atom is 0.251 e. The molecule has 0 aliphatic carbocycles. The molecule has 8 nitrogen and oxygen atoms in total. The fourth-order valence-corrected chi connectivity index (χ4v) is 5.37. The lowest BCUT2D eigenvalue weighted by molar-refractivity contribution is -0.117. The van der Waals surface area contributed by atoms with Crippen LogP contribution in [0.4, 0.5) is 0 Å². The molecule has 182 valence electrons. The Labute approximate surface area is 201 Å². The van der Waals surface area contributed by atoms with Gasteiger partial charge in [-0.05, 0) is 67.3 Å². The van der Waals surface area contributed by atoms with Gasteiger partial charge in [-0.25, -0.2) is 8.42 Å². The molecule has 2 aromatic rings. The molecule has 1 fully saturated rings. The topological polar surface area (TPSA) is 105 Å². The molecular weight excluding hydrogens is 454 g/mol. The minimum atomic E-state index is -3.75. The Morgan fingerprint density at radius 3 is 2.47 bits per heavy atom. The van der Waals surface area contributed by atoms with E-state index in [2.05, 4.69) is 17.2 Å². The van der Waals surface area contributed by atoms with Gasteiger partial charge in [0.1, 0.15) is 5.75 Å². The van der Waals surface area contributed by atoms with E-state index in [1.54, 1.807) is 7.11 Å². The Morgan fingerprint density at radius 1 is 1.12 bits per heavy atom. The smallest absolute Gasteiger partial charge is 0.251 e. The van der Waals surface area contributed by atoms with Gasteiger partial charge < -0.3 is 15.4 Å². The molecule has 2 aromatic carbocycles. The highest BCUT2D eigenvalue weighted by Gasteiger charge is 2.29. The zero-order chi connectivity index (χ0) is 24.6. The lowest BCUT2D eigenvalue weighted by atomic mass is 10.1. The molecule has 3 rings (SSSR count). The average Bonchev–Trinajstić information content (AvgIpc) is 3.10. The summed E-state index contributed by atoms with van der Waals surface area (Å²) < 4.78 is 32.9. The van der Waals surface area contributed by atoms with Gasteiger partial charge in [-0.1, -0.05) is 25.1 Å². The van der Waals surface area contributed by atoms with Gasteiger partial charge in [0.2, 0.25) is 15.9 Å². The molecule has 0 aromatic heterocycles. The van der Waals surface area contributed by atoms with Gasteiger partial charge >= 0.3 is 0 Å². The minimum Gasteiger partial charge on any atom is -0.497 e. The lowest BCUT2D eigenvalue weighted by Crippen LogP contribution is -2.44. The van der Waals surface area contributed by atoms with Crippen molar-refractivity contribution < 1.29 is 22.7 Å². The van der Waals surface area contributed by atoms with E-state index >= 15 is 0 Å². The summed E-state index contributed by atoms with van der Waals surface area (Å²) in [6.45, 7) is 4.49. The Morgan fingerprint density at radius 2 is 1.82 bits per heavy atom. The van der Waals surface area contributed by atoms with Gasteiger partial charge in [-0.2, -0.15) is 4.31 Å². The van der Waals surface area contributed by atoms with Gasteiger partial charge in [0.25, 0.3) is 5.91 Å². The minimum absolute atomic E-state index is 0.123. The highest BCUT2D eigenvalue weighted by molar-refractivity contribution is 7.89. The first-order valence-corrected chi connectivity index (χ1v) is 12.7. The first-order chi connectivity index (χ1) is 16.3. The van der Waals surface area contributed by atoms with Crippen molar-refractivity contribution >= 4 is 21.8 Å². The van der Waals surface area contributed by atoms with Crippen LogP contribution < -0.4 is 15.4 Å². The van der Waals surface area contributed by atoms with Gasteiger partial charge in [-0.3, -0.25) is 9.59 Å². The molecule has 1 aliphatic rings. The zero-order valence-corrected chi connectivity index (χ0v) is 20.1. The van der Waals surface area contributed by atoms with Crippen LogP contribution in [0.1, 0.15) is 35.2 Å². The second-order valence-corrected chi connectivity index (χ2v) is 10.1. The van der Waals surface area contributed by atoms with Gasteiger partial charge in [0.05, 0.1) is 12.0 Å². The van der Waals surface area contributed by atoms with E-state index in [0.717, 1.165) is 17.7 Å². The van der Waals surface area contributed by atoms with E-state index in [-0.39, 0.29) is 29.3 Å². The fourth-order valence-electron chi connectivity index (χ4n) is 3.85. The van der Waals surface area contributed by atoms with Gasteiger partial charge in [-0.15, -0.1) is 0 Å². The summed E-state index contributed by atoms with van der Waals surface area (Å²) in [7, 11) is -2.14. The zero-order valence-electron chi connectivity index (χ0n) is 19.3. The summed E-state index contributed by atoms with van der Waals surface area (Å²) >= 11 is 0. The Balaban J connectivity index is 1.59. The quantitative estimate of drug-likeness (QED) is 0.531. The highest BCUT2D eigenvalue weighted by Crippen LogP contribution is 2.21. The number of sulfonamides is 1. The van der Waals surface area contributed by atoms with Crippen LogP contribution in [-0.4, -0.2) is 57.3 Å². The SMILES string of the molecule is C=CC(=O)NC1CCCCN(S(=O)(=O)c2ccc(C(=O)NCCc3ccc(OC)cc3)cc2)C1. The van der Waals surface area contributed by atoms with E-state index in [0.29, 0.717) is 37.9 Å². The monoisotopic (exact) mass is 485 g/mol. The van der Waals surface area contributed by atoms with Crippen LogP contribution in [0.5, 0.6) is 5.75 Å². The lowest BCUT2D eigenvalue weighted by Gasteiger charge is -2.24. The predicted octanol–water partition coefficient (Wildman–Crippen LogP) is 2.51. The third-order valence-corrected chi connectivity index (χ3v) is 7.66. The van der Waals surface area contributed by atoms with Crippen molar-refractivity contribution in [3.63, 3.8) is 0 Å². The number of hydrogen-bond donors (Lipinski definition) is 2. The molecule has 34 heavy (non-hydrogen) atoms. The molecule has 1 aliphatic heterocycles. The van der Waals surface area contributed by atoms with Crippen molar-refractivity contribution in [1.82, 2.24) is 14.9 Å². The maximum absolute atomic E-state index is 13.2. The number of methoxy groups -OCH3 is 1. The van der Waals surface area contributed by atoms with Crippen molar-refractivity contribution in [3.05, 3.63) is 72.3 Å². The maximum atomic E-state index is 13.2. The molecule has 1 unspecified atom stereocenters. The number of carbonyl (C=O) groups is 2. The third kappa shape index (κ3) is 6.68. The average molecular weight is 486 g/mol. The van der Waals surface area contributed by atoms with Crippen LogP contribution in [-0.2, 0) is 21.2 Å². The molecule has 2 amide bonds. The molecular formula is C25H31N3O5S. The number of hydrogen-bond acceptors (Lipinski definition) is 5. The molecule has 0 bridgehead atoms. The van der Waals surface area contributed by atoms with E-state index < -0.39 is 10.0 Å². The molecule has 0 radical (unpaired) electrons. The van der Waals surface area contributed by atoms with Crippen LogP contribution >= 0.6 is 0 Å². The van der Waals surface area contributed by atoms with E-state index in [1.165, 1.54) is 34.6 Å². The highest BCUT2D eigenvalue weighted by atomic mass is 32.2. The van der Waals surface area contributed by atoms with Crippen LogP contribution in [0.3, 0.4) is 0 Å². The molecule has 0 saturated carbocycles. The fraction of sp³-hybridized carbons (Fsp3) is 0.360. The normalized spacial score (nSPS) is 16.8. The number of ether oxygens (including phenoxy) is 1. The van der Waals surface area contributed by atoms with Crippen LogP contribution in [0, 0.1) is 0 Å². The van der Waals surface area contributed by atoms with Crippen LogP contribution in [0.15, 0.2) is 66.1 Å². The summed E-state index contributed by atoms with van der Waals surface area (Å²) in [5.74, 6) is 0.200. The Hall–Kier alpha value is -3.17. The Kier molecular flexibility index (Phi) is 8.84. The number of carbonyl (C=O) groups excluding carboxylic acids is 2. The molecule has 1 heterocycles. The Bertz CT molecular complexity index is 1100.